The average Bonchev–Trinajstić information content (AvgIpc) is 2.57. The van der Waals surface area contributed by atoms with Crippen LogP contribution in [0, 0.1) is 0 Å². The summed E-state index contributed by atoms with van der Waals surface area (Å²) in [5.41, 5.74) is 6.26. The van der Waals surface area contributed by atoms with Crippen molar-refractivity contribution in [3.05, 3.63) is 23.8 Å². The smallest absolute Gasteiger partial charge is 0.520 e. The maximum atomic E-state index is 11.6. The summed E-state index contributed by atoms with van der Waals surface area (Å²) in [6.07, 6.45) is 0.803. The quantitative estimate of drug-likeness (QED) is 0.631. The summed E-state index contributed by atoms with van der Waals surface area (Å²) in [6.45, 7) is 6.24. The molecule has 1 aromatic rings. The third-order valence-corrected chi connectivity index (χ3v) is 9.30. The Bertz CT molecular complexity index is 731. The molecule has 0 saturated carbocycles. The summed E-state index contributed by atoms with van der Waals surface area (Å²) in [6, 6.07) is 5.63. The van der Waals surface area contributed by atoms with Crippen molar-refractivity contribution in [1.29, 1.82) is 0 Å². The van der Waals surface area contributed by atoms with Crippen molar-refractivity contribution in [3.63, 3.8) is 0 Å². The molecule has 154 valence electrons. The number of rotatable bonds is 7. The maximum absolute atomic E-state index is 11.6. The van der Waals surface area contributed by atoms with Crippen LogP contribution in [-0.4, -0.2) is 41.8 Å². The fourth-order valence-corrected chi connectivity index (χ4v) is 7.36. The zero-order valence-corrected chi connectivity index (χ0v) is 18.4. The molecule has 28 heavy (non-hydrogen) atoms. The van der Waals surface area contributed by atoms with Gasteiger partial charge in [-0.25, -0.2) is 0 Å². The van der Waals surface area contributed by atoms with Gasteiger partial charge in [0.1, 0.15) is 5.75 Å². The van der Waals surface area contributed by atoms with Crippen LogP contribution in [0.4, 0.5) is 0 Å². The van der Waals surface area contributed by atoms with E-state index >= 15 is 0 Å². The number of benzene rings is 1. The van der Waals surface area contributed by atoms with Crippen LogP contribution in [-0.2, 0) is 38.7 Å². The van der Waals surface area contributed by atoms with Crippen LogP contribution < -0.4 is 15.3 Å². The van der Waals surface area contributed by atoms with E-state index in [2.05, 4.69) is 0 Å². The predicted molar refractivity (Wildman–Crippen MR) is 103 cm³/mol. The minimum atomic E-state index is -4.14. The molecule has 9 nitrogen and oxygen atoms in total. The summed E-state index contributed by atoms with van der Waals surface area (Å²) < 4.78 is 27.8. The van der Waals surface area contributed by atoms with Crippen LogP contribution >= 0.6 is 0 Å². The Kier molecular flexibility index (Phi) is 6.98. The van der Waals surface area contributed by atoms with Gasteiger partial charge in [-0.2, -0.15) is 0 Å². The average molecular weight is 428 g/mol. The summed E-state index contributed by atoms with van der Waals surface area (Å²) in [4.78, 5) is 34.9. The Labute approximate surface area is 165 Å². The van der Waals surface area contributed by atoms with E-state index < -0.39 is 35.3 Å². The SMILES string of the molecule is CC(=O)O[Si](OC(C)=O)(OC(C)=O)c1ccc2c(c1)CO[Si](C)(CCCN)O2. The standard InChI is InChI=1S/C17H25NO8Si2/c1-12(19)23-28(24-13(2)20,25-14(3)21)16-6-7-17-15(10-16)11-22-27(4,26-17)9-5-8-18/h6-7,10H,5,8-9,11,18H2,1-4H3. The van der Waals surface area contributed by atoms with Crippen LogP contribution in [0.5, 0.6) is 5.75 Å². The number of carbonyl (C=O) groups excluding carboxylic acids is 3. The molecule has 0 radical (unpaired) electrons. The van der Waals surface area contributed by atoms with Crippen molar-refractivity contribution in [2.75, 3.05) is 6.54 Å². The first-order valence-corrected chi connectivity index (χ1v) is 13.1. The number of nitrogens with two attached hydrogens (primary N) is 1. The highest BCUT2D eigenvalue weighted by Crippen LogP contribution is 2.31. The number of hydrogen-bond donors (Lipinski definition) is 1. The van der Waals surface area contributed by atoms with Crippen LogP contribution in [0.2, 0.25) is 12.6 Å². The van der Waals surface area contributed by atoms with Crippen LogP contribution in [0.15, 0.2) is 18.2 Å². The Morgan fingerprint density at radius 1 is 1.11 bits per heavy atom. The van der Waals surface area contributed by atoms with E-state index in [4.69, 9.17) is 27.9 Å². The lowest BCUT2D eigenvalue weighted by Gasteiger charge is -2.34. The third-order valence-electron chi connectivity index (χ3n) is 3.94. The fraction of sp³-hybridized carbons (Fsp3) is 0.471. The minimum Gasteiger partial charge on any atom is -0.520 e. The van der Waals surface area contributed by atoms with Gasteiger partial charge in [0.15, 0.2) is 0 Å². The number of hydrogen-bond acceptors (Lipinski definition) is 9. The molecule has 0 fully saturated rings. The largest absolute Gasteiger partial charge is 0.742 e. The molecule has 1 unspecified atom stereocenters. The van der Waals surface area contributed by atoms with E-state index in [1.807, 2.05) is 6.55 Å². The van der Waals surface area contributed by atoms with Crippen molar-refractivity contribution >= 4 is 40.5 Å². The zero-order valence-electron chi connectivity index (χ0n) is 16.4. The first kappa shape index (κ1) is 22.1. The summed E-state index contributed by atoms with van der Waals surface area (Å²) in [7, 11) is -6.52. The molecular formula is C17H25NO8Si2. The Hall–Kier alpha value is -2.22. The van der Waals surface area contributed by atoms with Gasteiger partial charge >= 0.3 is 17.4 Å². The van der Waals surface area contributed by atoms with E-state index in [1.54, 1.807) is 18.2 Å². The minimum absolute atomic E-state index is 0.279. The first-order chi connectivity index (χ1) is 13.1. The van der Waals surface area contributed by atoms with E-state index in [0.29, 0.717) is 17.9 Å². The Morgan fingerprint density at radius 2 is 1.68 bits per heavy atom. The molecule has 1 heterocycles. The van der Waals surface area contributed by atoms with Gasteiger partial charge in [-0.05, 0) is 37.7 Å². The van der Waals surface area contributed by atoms with Crippen molar-refractivity contribution < 1.29 is 36.5 Å². The second-order valence-electron chi connectivity index (χ2n) is 6.58. The van der Waals surface area contributed by atoms with Gasteiger partial charge in [0, 0.05) is 32.4 Å². The van der Waals surface area contributed by atoms with Gasteiger partial charge in [0.25, 0.3) is 17.9 Å². The lowest BCUT2D eigenvalue weighted by Crippen LogP contribution is -2.59. The van der Waals surface area contributed by atoms with E-state index in [1.165, 1.54) is 0 Å². The first-order valence-electron chi connectivity index (χ1n) is 8.84. The highest BCUT2D eigenvalue weighted by Gasteiger charge is 2.55. The second kappa shape index (κ2) is 8.86. The van der Waals surface area contributed by atoms with Crippen LogP contribution in [0.1, 0.15) is 32.8 Å². The summed E-state index contributed by atoms with van der Waals surface area (Å²) >= 11 is 0. The predicted octanol–water partition coefficient (Wildman–Crippen LogP) is 0.852. The van der Waals surface area contributed by atoms with E-state index in [0.717, 1.165) is 33.2 Å². The normalized spacial score (nSPS) is 18.5. The Balaban J connectivity index is 2.42. The van der Waals surface area contributed by atoms with E-state index in [-0.39, 0.29) is 11.8 Å². The third kappa shape index (κ3) is 5.41. The molecule has 1 aliphatic rings. The van der Waals surface area contributed by atoms with Crippen LogP contribution in [0.25, 0.3) is 0 Å². The van der Waals surface area contributed by atoms with E-state index in [9.17, 15) is 14.4 Å². The Morgan fingerprint density at radius 3 is 2.18 bits per heavy atom. The molecule has 0 aromatic heterocycles. The summed E-state index contributed by atoms with van der Waals surface area (Å²) in [5.74, 6) is -1.57. The molecule has 0 saturated heterocycles. The topological polar surface area (TPSA) is 123 Å². The summed E-state index contributed by atoms with van der Waals surface area (Å²) in [5, 5.41) is 0.284. The molecule has 0 spiro atoms. The molecule has 11 heteroatoms. The number of fused-ring (bicyclic) bond motifs is 1. The lowest BCUT2D eigenvalue weighted by atomic mass is 10.2. The maximum Gasteiger partial charge on any atom is 0.742 e. The molecule has 2 rings (SSSR count). The van der Waals surface area contributed by atoms with Gasteiger partial charge < -0.3 is 27.9 Å². The van der Waals surface area contributed by atoms with Crippen molar-refractivity contribution in [2.24, 2.45) is 5.73 Å². The van der Waals surface area contributed by atoms with Gasteiger partial charge in [-0.3, -0.25) is 14.4 Å². The lowest BCUT2D eigenvalue weighted by molar-refractivity contribution is -0.146. The molecule has 0 aliphatic carbocycles. The number of carbonyl (C=O) groups is 3. The molecule has 2 N–H and O–H groups in total. The highest BCUT2D eigenvalue weighted by atomic mass is 28.4. The fourth-order valence-electron chi connectivity index (χ4n) is 2.83. The molecule has 0 amide bonds. The van der Waals surface area contributed by atoms with Crippen molar-refractivity contribution in [2.45, 2.75) is 46.4 Å². The van der Waals surface area contributed by atoms with Gasteiger partial charge in [0.05, 0.1) is 11.8 Å². The second-order valence-corrected chi connectivity index (χ2v) is 12.1. The molecule has 1 aliphatic heterocycles. The molecule has 1 atom stereocenters. The van der Waals surface area contributed by atoms with Crippen molar-refractivity contribution in [3.8, 4) is 5.75 Å². The van der Waals surface area contributed by atoms with Gasteiger partial charge in [-0.1, -0.05) is 0 Å². The highest BCUT2D eigenvalue weighted by molar-refractivity contribution is 6.79. The van der Waals surface area contributed by atoms with Crippen molar-refractivity contribution in [1.82, 2.24) is 0 Å². The van der Waals surface area contributed by atoms with Crippen LogP contribution in [0.3, 0.4) is 0 Å². The van der Waals surface area contributed by atoms with Gasteiger partial charge in [0.2, 0.25) is 0 Å². The zero-order chi connectivity index (χ0) is 20.9. The molecule has 1 aromatic carbocycles. The molecular weight excluding hydrogens is 402 g/mol. The monoisotopic (exact) mass is 427 g/mol. The van der Waals surface area contributed by atoms with Gasteiger partial charge in [-0.15, -0.1) is 0 Å². The molecule has 0 bridgehead atoms.